The van der Waals surface area contributed by atoms with Gasteiger partial charge >= 0.3 is 0 Å². The number of aromatic nitrogens is 3. The predicted octanol–water partition coefficient (Wildman–Crippen LogP) is 1.50. The van der Waals surface area contributed by atoms with Crippen LogP contribution in [0.3, 0.4) is 0 Å². The van der Waals surface area contributed by atoms with E-state index in [4.69, 9.17) is 5.84 Å². The molecule has 5 nitrogen and oxygen atoms in total. The zero-order chi connectivity index (χ0) is 12.1. The highest BCUT2D eigenvalue weighted by Gasteiger charge is 2.16. The highest BCUT2D eigenvalue weighted by atomic mass is 32.1. The second-order valence-electron chi connectivity index (χ2n) is 3.88. The molecule has 0 radical (unpaired) electrons. The molecule has 3 N–H and O–H groups in total. The van der Waals surface area contributed by atoms with E-state index in [0.717, 1.165) is 25.1 Å². The summed E-state index contributed by atoms with van der Waals surface area (Å²) in [5.41, 5.74) is 3.89. The Hall–Kier alpha value is -1.24. The second kappa shape index (κ2) is 5.90. The fourth-order valence-electron chi connectivity index (χ4n) is 1.80. The molecule has 1 atom stereocenters. The van der Waals surface area contributed by atoms with E-state index in [9.17, 15) is 0 Å². The molecule has 0 spiro atoms. The van der Waals surface area contributed by atoms with Crippen molar-refractivity contribution in [2.75, 3.05) is 0 Å². The molecule has 0 aliphatic carbocycles. The summed E-state index contributed by atoms with van der Waals surface area (Å²) in [6, 6.07) is 4.23. The van der Waals surface area contributed by atoms with Gasteiger partial charge in [-0.15, -0.1) is 16.4 Å². The molecule has 0 bridgehead atoms. The highest BCUT2D eigenvalue weighted by molar-refractivity contribution is 7.09. The molecular formula is C11H17N5S. The predicted molar refractivity (Wildman–Crippen MR) is 68.4 cm³/mol. The topological polar surface area (TPSA) is 68.8 Å². The Morgan fingerprint density at radius 3 is 3.12 bits per heavy atom. The SMILES string of the molecule is CCCn1nncc1C(Cc1cccs1)NN. The van der Waals surface area contributed by atoms with Gasteiger partial charge in [0.1, 0.15) is 0 Å². The summed E-state index contributed by atoms with van der Waals surface area (Å²) in [5, 5.41) is 10.1. The molecule has 17 heavy (non-hydrogen) atoms. The van der Waals surface area contributed by atoms with E-state index in [1.54, 1.807) is 17.5 Å². The molecule has 0 amide bonds. The van der Waals surface area contributed by atoms with Crippen molar-refractivity contribution < 1.29 is 0 Å². The largest absolute Gasteiger partial charge is 0.271 e. The highest BCUT2D eigenvalue weighted by Crippen LogP contribution is 2.20. The molecule has 0 aliphatic heterocycles. The molecule has 0 fully saturated rings. The Morgan fingerprint density at radius 2 is 2.47 bits per heavy atom. The number of nitrogens with two attached hydrogens (primary N) is 1. The number of hydrogen-bond donors (Lipinski definition) is 2. The van der Waals surface area contributed by atoms with Crippen LogP contribution in [-0.4, -0.2) is 15.0 Å². The van der Waals surface area contributed by atoms with E-state index in [-0.39, 0.29) is 6.04 Å². The molecule has 2 heterocycles. The minimum atomic E-state index is 0.0650. The number of rotatable bonds is 6. The first-order chi connectivity index (χ1) is 8.35. The van der Waals surface area contributed by atoms with Crippen LogP contribution in [0.2, 0.25) is 0 Å². The number of nitrogens with one attached hydrogen (secondary N) is 1. The Bertz CT molecular complexity index is 436. The van der Waals surface area contributed by atoms with Crippen LogP contribution >= 0.6 is 11.3 Å². The van der Waals surface area contributed by atoms with Crippen LogP contribution in [0.4, 0.5) is 0 Å². The summed E-state index contributed by atoms with van der Waals surface area (Å²) in [4.78, 5) is 1.30. The third-order valence-electron chi connectivity index (χ3n) is 2.63. The zero-order valence-electron chi connectivity index (χ0n) is 9.84. The summed E-state index contributed by atoms with van der Waals surface area (Å²) in [6.45, 7) is 2.99. The Labute approximate surface area is 105 Å². The van der Waals surface area contributed by atoms with Gasteiger partial charge in [-0.05, 0) is 17.9 Å². The van der Waals surface area contributed by atoms with Crippen molar-refractivity contribution in [1.82, 2.24) is 20.4 Å². The van der Waals surface area contributed by atoms with Gasteiger partial charge in [-0.2, -0.15) is 0 Å². The fraction of sp³-hybridized carbons (Fsp3) is 0.455. The molecule has 0 saturated carbocycles. The summed E-state index contributed by atoms with van der Waals surface area (Å²) in [6.07, 6.45) is 3.69. The Kier molecular flexibility index (Phi) is 4.24. The van der Waals surface area contributed by atoms with E-state index < -0.39 is 0 Å². The third-order valence-corrected chi connectivity index (χ3v) is 3.53. The van der Waals surface area contributed by atoms with Crippen molar-refractivity contribution in [3.8, 4) is 0 Å². The molecule has 0 aromatic carbocycles. The molecule has 0 aliphatic rings. The number of hydrogen-bond acceptors (Lipinski definition) is 5. The molecular weight excluding hydrogens is 234 g/mol. The number of thiophene rings is 1. The van der Waals surface area contributed by atoms with E-state index in [1.165, 1.54) is 4.88 Å². The maximum absolute atomic E-state index is 5.63. The molecule has 2 rings (SSSR count). The lowest BCUT2D eigenvalue weighted by atomic mass is 10.1. The van der Waals surface area contributed by atoms with Crippen molar-refractivity contribution in [3.05, 3.63) is 34.3 Å². The smallest absolute Gasteiger partial charge is 0.0773 e. The normalized spacial score (nSPS) is 12.8. The van der Waals surface area contributed by atoms with Crippen molar-refractivity contribution in [2.45, 2.75) is 32.4 Å². The van der Waals surface area contributed by atoms with Crippen LogP contribution in [0, 0.1) is 0 Å². The van der Waals surface area contributed by atoms with Crippen molar-refractivity contribution in [1.29, 1.82) is 0 Å². The monoisotopic (exact) mass is 251 g/mol. The van der Waals surface area contributed by atoms with Crippen LogP contribution in [0.15, 0.2) is 23.7 Å². The van der Waals surface area contributed by atoms with E-state index in [2.05, 4.69) is 40.2 Å². The molecule has 2 aromatic rings. The first-order valence-corrected chi connectivity index (χ1v) is 6.60. The van der Waals surface area contributed by atoms with Crippen LogP contribution < -0.4 is 11.3 Å². The molecule has 6 heteroatoms. The maximum atomic E-state index is 5.63. The number of nitrogens with zero attached hydrogens (tertiary/aromatic N) is 3. The van der Waals surface area contributed by atoms with Crippen molar-refractivity contribution in [2.24, 2.45) is 5.84 Å². The fourth-order valence-corrected chi connectivity index (χ4v) is 2.55. The van der Waals surface area contributed by atoms with Gasteiger partial charge in [0.05, 0.1) is 17.9 Å². The van der Waals surface area contributed by atoms with Crippen LogP contribution in [-0.2, 0) is 13.0 Å². The zero-order valence-corrected chi connectivity index (χ0v) is 10.7. The minimum Gasteiger partial charge on any atom is -0.271 e. The van der Waals surface area contributed by atoms with Gasteiger partial charge in [-0.1, -0.05) is 18.2 Å². The molecule has 0 saturated heterocycles. The van der Waals surface area contributed by atoms with Gasteiger partial charge in [0.2, 0.25) is 0 Å². The van der Waals surface area contributed by atoms with Gasteiger partial charge < -0.3 is 0 Å². The Morgan fingerprint density at radius 1 is 1.59 bits per heavy atom. The van der Waals surface area contributed by atoms with Gasteiger partial charge in [0, 0.05) is 17.8 Å². The molecule has 92 valence electrons. The lowest BCUT2D eigenvalue weighted by Crippen LogP contribution is -2.31. The summed E-state index contributed by atoms with van der Waals surface area (Å²) in [5.74, 6) is 5.63. The Balaban J connectivity index is 2.14. The van der Waals surface area contributed by atoms with Crippen molar-refractivity contribution >= 4 is 11.3 Å². The van der Waals surface area contributed by atoms with Crippen LogP contribution in [0.5, 0.6) is 0 Å². The summed E-state index contributed by atoms with van der Waals surface area (Å²) in [7, 11) is 0. The first kappa shape index (κ1) is 12.2. The quantitative estimate of drug-likeness (QED) is 0.603. The molecule has 1 unspecified atom stereocenters. The van der Waals surface area contributed by atoms with E-state index in [1.807, 2.05) is 4.68 Å². The van der Waals surface area contributed by atoms with Gasteiger partial charge in [-0.3, -0.25) is 11.3 Å². The summed E-state index contributed by atoms with van der Waals surface area (Å²) < 4.78 is 1.91. The minimum absolute atomic E-state index is 0.0650. The van der Waals surface area contributed by atoms with Gasteiger partial charge in [-0.25, -0.2) is 4.68 Å². The standard InChI is InChI=1S/C11H17N5S/c1-2-5-16-11(8-13-15-16)10(14-12)7-9-4-3-6-17-9/h3-4,6,8,10,14H,2,5,7,12H2,1H3. The lowest BCUT2D eigenvalue weighted by molar-refractivity contribution is 0.475. The average molecular weight is 251 g/mol. The first-order valence-electron chi connectivity index (χ1n) is 5.72. The maximum Gasteiger partial charge on any atom is 0.0773 e. The summed E-state index contributed by atoms with van der Waals surface area (Å²) >= 11 is 1.74. The molecule has 2 aromatic heterocycles. The second-order valence-corrected chi connectivity index (χ2v) is 4.92. The third kappa shape index (κ3) is 2.91. The lowest BCUT2D eigenvalue weighted by Gasteiger charge is -2.15. The van der Waals surface area contributed by atoms with Crippen LogP contribution in [0.25, 0.3) is 0 Å². The van der Waals surface area contributed by atoms with E-state index >= 15 is 0 Å². The number of aryl methyl sites for hydroxylation is 1. The van der Waals surface area contributed by atoms with Crippen LogP contribution in [0.1, 0.15) is 30.0 Å². The van der Waals surface area contributed by atoms with E-state index in [0.29, 0.717) is 0 Å². The average Bonchev–Trinajstić information content (AvgIpc) is 2.97. The van der Waals surface area contributed by atoms with Gasteiger partial charge in [0.25, 0.3) is 0 Å². The van der Waals surface area contributed by atoms with Gasteiger partial charge in [0.15, 0.2) is 0 Å². The van der Waals surface area contributed by atoms with Crippen molar-refractivity contribution in [3.63, 3.8) is 0 Å². The number of hydrazine groups is 1.